The van der Waals surface area contributed by atoms with Crippen molar-refractivity contribution in [2.24, 2.45) is 11.8 Å². The zero-order valence-corrected chi connectivity index (χ0v) is 16.4. The number of esters is 1. The first-order valence-electron chi connectivity index (χ1n) is 9.63. The number of likely N-dealkylation sites (tertiary alicyclic amines) is 1. The summed E-state index contributed by atoms with van der Waals surface area (Å²) < 4.78 is 6.02. The third kappa shape index (κ3) is 3.78. The Labute approximate surface area is 163 Å². The molecule has 0 radical (unpaired) electrons. The maximum Gasteiger partial charge on any atom is 0.308 e. The Morgan fingerprint density at radius 1 is 1.11 bits per heavy atom. The lowest BCUT2D eigenvalue weighted by molar-refractivity contribution is -0.149. The number of rotatable bonds is 3. The van der Waals surface area contributed by atoms with Crippen LogP contribution in [0.5, 0.6) is 0 Å². The summed E-state index contributed by atoms with van der Waals surface area (Å²) in [5, 5.41) is 1.01. The molecule has 2 aliphatic rings. The lowest BCUT2D eigenvalue weighted by atomic mass is 9.93. The second-order valence-corrected chi connectivity index (χ2v) is 8.38. The molecule has 7 heteroatoms. The fraction of sp³-hybridized carbons (Fsp3) is 0.550. The Bertz CT molecular complexity index is 796. The molecule has 1 aromatic heterocycles. The van der Waals surface area contributed by atoms with E-state index >= 15 is 0 Å². The summed E-state index contributed by atoms with van der Waals surface area (Å²) >= 11 is 1.70. The van der Waals surface area contributed by atoms with Crippen molar-refractivity contribution < 1.29 is 14.3 Å². The number of thiazole rings is 1. The molecule has 3 heterocycles. The highest BCUT2D eigenvalue weighted by Gasteiger charge is 2.33. The van der Waals surface area contributed by atoms with Gasteiger partial charge in [0.15, 0.2) is 5.13 Å². The summed E-state index contributed by atoms with van der Waals surface area (Å²) in [4.78, 5) is 33.6. The largest absolute Gasteiger partial charge is 0.469 e. The summed E-state index contributed by atoms with van der Waals surface area (Å²) in [6.07, 6.45) is 3.33. The molecule has 2 saturated heterocycles. The zero-order valence-electron chi connectivity index (χ0n) is 15.6. The summed E-state index contributed by atoms with van der Waals surface area (Å²) in [5.41, 5.74) is 1.02. The van der Waals surface area contributed by atoms with Crippen LogP contribution in [0.25, 0.3) is 10.2 Å². The van der Waals surface area contributed by atoms with Crippen molar-refractivity contribution in [1.82, 2.24) is 9.88 Å². The van der Waals surface area contributed by atoms with E-state index in [9.17, 15) is 9.59 Å². The van der Waals surface area contributed by atoms with Gasteiger partial charge < -0.3 is 14.5 Å². The molecule has 0 N–H and O–H groups in total. The summed E-state index contributed by atoms with van der Waals surface area (Å²) in [6.45, 7) is 2.98. The SMILES string of the molecule is COC(=O)C1CCN(C(=O)C2CCCN(c3nc4ccccc4s3)C2)CC1. The Hall–Kier alpha value is -2.15. The van der Waals surface area contributed by atoms with Crippen molar-refractivity contribution in [1.29, 1.82) is 0 Å². The number of carbonyl (C=O) groups excluding carboxylic acids is 2. The molecule has 0 aliphatic carbocycles. The number of hydrogen-bond acceptors (Lipinski definition) is 6. The second kappa shape index (κ2) is 7.84. The molecule has 1 amide bonds. The van der Waals surface area contributed by atoms with Crippen LogP contribution in [-0.4, -0.2) is 55.0 Å². The fourth-order valence-electron chi connectivity index (χ4n) is 4.11. The molecule has 27 heavy (non-hydrogen) atoms. The fourth-order valence-corrected chi connectivity index (χ4v) is 5.11. The molecule has 2 aromatic rings. The highest BCUT2D eigenvalue weighted by molar-refractivity contribution is 7.22. The van der Waals surface area contributed by atoms with E-state index in [-0.39, 0.29) is 23.7 Å². The lowest BCUT2D eigenvalue weighted by Crippen LogP contribution is -2.48. The summed E-state index contributed by atoms with van der Waals surface area (Å²) in [6, 6.07) is 8.17. The molecule has 1 unspecified atom stereocenters. The van der Waals surface area contributed by atoms with Crippen molar-refractivity contribution >= 4 is 38.6 Å². The summed E-state index contributed by atoms with van der Waals surface area (Å²) in [7, 11) is 1.43. The topological polar surface area (TPSA) is 62.7 Å². The van der Waals surface area contributed by atoms with Crippen molar-refractivity contribution in [2.45, 2.75) is 25.7 Å². The number of nitrogens with zero attached hydrogens (tertiary/aromatic N) is 3. The maximum absolute atomic E-state index is 13.0. The van der Waals surface area contributed by atoms with Crippen LogP contribution < -0.4 is 4.90 Å². The van der Waals surface area contributed by atoms with Crippen LogP contribution in [0.1, 0.15) is 25.7 Å². The van der Waals surface area contributed by atoms with Gasteiger partial charge in [-0.3, -0.25) is 9.59 Å². The first-order valence-corrected chi connectivity index (χ1v) is 10.4. The van der Waals surface area contributed by atoms with Crippen molar-refractivity contribution in [3.63, 3.8) is 0 Å². The average Bonchev–Trinajstić information content (AvgIpc) is 3.17. The number of aromatic nitrogens is 1. The highest BCUT2D eigenvalue weighted by Crippen LogP contribution is 2.32. The van der Waals surface area contributed by atoms with E-state index in [0.717, 1.165) is 36.6 Å². The molecule has 0 spiro atoms. The highest BCUT2D eigenvalue weighted by atomic mass is 32.1. The molecule has 1 aromatic carbocycles. The van der Waals surface area contributed by atoms with Gasteiger partial charge in [0.05, 0.1) is 29.2 Å². The minimum Gasteiger partial charge on any atom is -0.469 e. The van der Waals surface area contributed by atoms with Crippen LogP contribution in [0.15, 0.2) is 24.3 Å². The van der Waals surface area contributed by atoms with Gasteiger partial charge in [-0.05, 0) is 37.8 Å². The van der Waals surface area contributed by atoms with E-state index in [1.54, 1.807) is 11.3 Å². The standard InChI is InChI=1S/C20H25N3O3S/c1-26-19(25)14-8-11-22(12-9-14)18(24)15-5-4-10-23(13-15)20-21-16-6-2-3-7-17(16)27-20/h2-3,6-7,14-15H,4-5,8-13H2,1H3. The van der Waals surface area contributed by atoms with Gasteiger partial charge in [-0.2, -0.15) is 0 Å². The van der Waals surface area contributed by atoms with E-state index in [4.69, 9.17) is 9.72 Å². The second-order valence-electron chi connectivity index (χ2n) is 7.37. The minimum absolute atomic E-state index is 0.0143. The van der Waals surface area contributed by atoms with Crippen LogP contribution in [0.4, 0.5) is 5.13 Å². The van der Waals surface area contributed by atoms with Gasteiger partial charge in [0.25, 0.3) is 0 Å². The smallest absolute Gasteiger partial charge is 0.308 e. The van der Waals surface area contributed by atoms with Gasteiger partial charge in [-0.15, -0.1) is 0 Å². The maximum atomic E-state index is 13.0. The third-order valence-corrected chi connectivity index (χ3v) is 6.76. The molecule has 6 nitrogen and oxygen atoms in total. The predicted octanol–water partition coefficient (Wildman–Crippen LogP) is 2.92. The number of piperidine rings is 2. The Balaban J connectivity index is 1.39. The van der Waals surface area contributed by atoms with E-state index in [2.05, 4.69) is 11.0 Å². The van der Waals surface area contributed by atoms with Gasteiger partial charge in [-0.1, -0.05) is 23.5 Å². The van der Waals surface area contributed by atoms with Gasteiger partial charge in [-0.25, -0.2) is 4.98 Å². The molecule has 2 aliphatic heterocycles. The van der Waals surface area contributed by atoms with Crippen molar-refractivity contribution in [2.75, 3.05) is 38.2 Å². The number of carbonyl (C=O) groups is 2. The van der Waals surface area contributed by atoms with E-state index in [1.165, 1.54) is 11.8 Å². The minimum atomic E-state index is -0.151. The molecular weight excluding hydrogens is 362 g/mol. The summed E-state index contributed by atoms with van der Waals surface area (Å²) in [5.74, 6) is 0.0241. The number of fused-ring (bicyclic) bond motifs is 1. The van der Waals surface area contributed by atoms with E-state index in [1.807, 2.05) is 23.1 Å². The lowest BCUT2D eigenvalue weighted by Gasteiger charge is -2.37. The van der Waals surface area contributed by atoms with Crippen LogP contribution in [0, 0.1) is 11.8 Å². The number of benzene rings is 1. The third-order valence-electron chi connectivity index (χ3n) is 5.66. The molecule has 1 atom stereocenters. The van der Waals surface area contributed by atoms with Gasteiger partial charge in [0.1, 0.15) is 0 Å². The number of methoxy groups -OCH3 is 1. The molecule has 2 fully saturated rings. The molecule has 0 bridgehead atoms. The number of hydrogen-bond donors (Lipinski definition) is 0. The normalized spacial score (nSPS) is 21.4. The molecular formula is C20H25N3O3S. The quantitative estimate of drug-likeness (QED) is 0.758. The van der Waals surface area contributed by atoms with Crippen LogP contribution in [-0.2, 0) is 14.3 Å². The first-order chi connectivity index (χ1) is 13.2. The monoisotopic (exact) mass is 387 g/mol. The van der Waals surface area contributed by atoms with Crippen molar-refractivity contribution in [3.8, 4) is 0 Å². The number of para-hydroxylation sites is 1. The zero-order chi connectivity index (χ0) is 18.8. The van der Waals surface area contributed by atoms with Gasteiger partial charge in [0.2, 0.25) is 5.91 Å². The average molecular weight is 388 g/mol. The number of amides is 1. The van der Waals surface area contributed by atoms with Crippen LogP contribution in [0.2, 0.25) is 0 Å². The van der Waals surface area contributed by atoms with Crippen LogP contribution in [0.3, 0.4) is 0 Å². The molecule has 4 rings (SSSR count). The first kappa shape index (κ1) is 18.2. The number of ether oxygens (including phenoxy) is 1. The Morgan fingerprint density at radius 2 is 1.89 bits per heavy atom. The van der Waals surface area contributed by atoms with Crippen LogP contribution >= 0.6 is 11.3 Å². The van der Waals surface area contributed by atoms with E-state index < -0.39 is 0 Å². The molecule has 0 saturated carbocycles. The van der Waals surface area contributed by atoms with E-state index in [0.29, 0.717) is 25.9 Å². The molecule has 144 valence electrons. The Kier molecular flexibility index (Phi) is 5.29. The van der Waals surface area contributed by atoms with Crippen molar-refractivity contribution in [3.05, 3.63) is 24.3 Å². The van der Waals surface area contributed by atoms with Gasteiger partial charge >= 0.3 is 5.97 Å². The van der Waals surface area contributed by atoms with Gasteiger partial charge in [0, 0.05) is 26.2 Å². The predicted molar refractivity (Wildman–Crippen MR) is 106 cm³/mol. The Morgan fingerprint density at radius 3 is 2.63 bits per heavy atom. The number of anilines is 1.